The number of phenolic OH excluding ortho intramolecular Hbond substituents is 1. The fourth-order valence-corrected chi connectivity index (χ4v) is 3.49. The summed E-state index contributed by atoms with van der Waals surface area (Å²) >= 11 is 0. The van der Waals surface area contributed by atoms with Gasteiger partial charge in [0, 0.05) is 5.56 Å². The molecule has 0 spiro atoms. The second kappa shape index (κ2) is 5.78. The third-order valence-corrected chi connectivity index (χ3v) is 4.59. The Morgan fingerprint density at radius 3 is 2.64 bits per heavy atom. The number of hydrogen-bond acceptors (Lipinski definition) is 4. The normalized spacial score (nSPS) is 21.4. The molecule has 25 heavy (non-hydrogen) atoms. The Labute approximate surface area is 143 Å². The van der Waals surface area contributed by atoms with Crippen LogP contribution in [0.2, 0.25) is 0 Å². The van der Waals surface area contributed by atoms with Gasteiger partial charge in [-0.15, -0.1) is 0 Å². The van der Waals surface area contributed by atoms with Crippen LogP contribution in [-0.2, 0) is 16.2 Å². The smallest absolute Gasteiger partial charge is 0.345 e. The number of carboxylic acid groups (broad SMARTS) is 1. The van der Waals surface area contributed by atoms with Crippen LogP contribution in [0.25, 0.3) is 0 Å². The number of rotatable bonds is 4. The maximum Gasteiger partial charge on any atom is 0.345 e. The van der Waals surface area contributed by atoms with Gasteiger partial charge in [0.05, 0.1) is 6.54 Å². The first-order valence-electron chi connectivity index (χ1n) is 7.89. The van der Waals surface area contributed by atoms with Gasteiger partial charge in [-0.2, -0.15) is 5.06 Å². The molecule has 2 bridgehead atoms. The fourth-order valence-electron chi connectivity index (χ4n) is 3.49. The minimum atomic E-state index is -1.14. The molecule has 0 unspecified atom stereocenters. The molecule has 2 atom stereocenters. The van der Waals surface area contributed by atoms with Crippen molar-refractivity contribution < 1.29 is 24.6 Å². The van der Waals surface area contributed by atoms with Crippen molar-refractivity contribution in [2.24, 2.45) is 0 Å². The van der Waals surface area contributed by atoms with Crippen LogP contribution in [0, 0.1) is 0 Å². The van der Waals surface area contributed by atoms with Crippen LogP contribution in [0.1, 0.15) is 28.8 Å². The highest BCUT2D eigenvalue weighted by Crippen LogP contribution is 2.47. The van der Waals surface area contributed by atoms with Crippen molar-refractivity contribution in [3.05, 3.63) is 65.2 Å². The van der Waals surface area contributed by atoms with Crippen LogP contribution in [0.5, 0.6) is 5.75 Å². The Morgan fingerprint density at radius 2 is 1.92 bits per heavy atom. The van der Waals surface area contributed by atoms with Crippen LogP contribution < -0.4 is 0 Å². The Kier molecular flexibility index (Phi) is 3.58. The van der Waals surface area contributed by atoms with Gasteiger partial charge in [0.2, 0.25) is 0 Å². The molecule has 1 saturated heterocycles. The van der Waals surface area contributed by atoms with E-state index in [2.05, 4.69) is 0 Å². The molecular weight excluding hydrogens is 324 g/mol. The van der Waals surface area contributed by atoms with Gasteiger partial charge in [-0.25, -0.2) is 9.59 Å². The molecule has 2 aliphatic heterocycles. The predicted octanol–water partition coefficient (Wildman–Crippen LogP) is 2.44. The second-order valence-electron chi connectivity index (χ2n) is 6.06. The molecule has 0 aromatic heterocycles. The van der Waals surface area contributed by atoms with Crippen molar-refractivity contribution in [3.63, 3.8) is 0 Å². The number of fused-ring (bicyclic) bond motifs is 4. The van der Waals surface area contributed by atoms with E-state index in [1.165, 1.54) is 16.0 Å². The molecule has 7 heteroatoms. The monoisotopic (exact) mass is 340 g/mol. The van der Waals surface area contributed by atoms with E-state index in [9.17, 15) is 19.8 Å². The van der Waals surface area contributed by atoms with E-state index in [1.54, 1.807) is 12.1 Å². The Balaban J connectivity index is 1.69. The molecule has 2 N–H and O–H groups in total. The van der Waals surface area contributed by atoms with E-state index in [0.29, 0.717) is 11.1 Å². The molecule has 2 aliphatic rings. The largest absolute Gasteiger partial charge is 0.508 e. The number of urea groups is 1. The number of aromatic hydroxyl groups is 1. The van der Waals surface area contributed by atoms with Gasteiger partial charge in [0.15, 0.2) is 6.04 Å². The molecule has 2 heterocycles. The van der Waals surface area contributed by atoms with Crippen molar-refractivity contribution in [3.8, 4) is 5.75 Å². The van der Waals surface area contributed by atoms with Crippen LogP contribution >= 0.6 is 0 Å². The maximum atomic E-state index is 12.7. The minimum absolute atomic E-state index is 0.0311. The summed E-state index contributed by atoms with van der Waals surface area (Å²) in [4.78, 5) is 31.4. The number of phenols is 1. The molecule has 4 rings (SSSR count). The van der Waals surface area contributed by atoms with Crippen molar-refractivity contribution in [2.75, 3.05) is 6.54 Å². The molecule has 2 aromatic carbocycles. The molecule has 0 aliphatic carbocycles. The van der Waals surface area contributed by atoms with Crippen molar-refractivity contribution in [1.29, 1.82) is 0 Å². The fraction of sp³-hybridized carbons (Fsp3) is 0.222. The summed E-state index contributed by atoms with van der Waals surface area (Å²) in [7, 11) is 0. The zero-order chi connectivity index (χ0) is 17.6. The molecule has 2 aromatic rings. The zero-order valence-corrected chi connectivity index (χ0v) is 13.2. The van der Waals surface area contributed by atoms with Crippen molar-refractivity contribution in [1.82, 2.24) is 9.96 Å². The molecule has 7 nitrogen and oxygen atoms in total. The van der Waals surface area contributed by atoms with E-state index in [4.69, 9.17) is 4.84 Å². The number of aliphatic carboxylic acids is 1. The van der Waals surface area contributed by atoms with Crippen LogP contribution in [0.4, 0.5) is 4.79 Å². The molecule has 0 radical (unpaired) electrons. The first-order chi connectivity index (χ1) is 12.1. The average Bonchev–Trinajstić information content (AvgIpc) is 2.86. The number of nitrogens with zero attached hydrogens (tertiary/aromatic N) is 2. The van der Waals surface area contributed by atoms with Crippen LogP contribution in [-0.4, -0.2) is 38.7 Å². The number of hydrogen-bond donors (Lipinski definition) is 2. The molecular formula is C18H16N2O5. The summed E-state index contributed by atoms with van der Waals surface area (Å²) < 4.78 is 0. The lowest BCUT2D eigenvalue weighted by atomic mass is 9.90. The number of carbonyl (C=O) groups excluding carboxylic acids is 1. The topological polar surface area (TPSA) is 90.3 Å². The summed E-state index contributed by atoms with van der Waals surface area (Å²) in [5.41, 5.74) is 1.74. The highest BCUT2D eigenvalue weighted by Gasteiger charge is 2.52. The molecule has 2 amide bonds. The summed E-state index contributed by atoms with van der Waals surface area (Å²) in [5, 5.41) is 21.0. The van der Waals surface area contributed by atoms with Gasteiger partial charge in [0.25, 0.3) is 0 Å². The first-order valence-corrected chi connectivity index (χ1v) is 7.89. The van der Waals surface area contributed by atoms with Crippen LogP contribution in [0.15, 0.2) is 48.5 Å². The molecule has 0 saturated carbocycles. The maximum absolute atomic E-state index is 12.7. The Morgan fingerprint density at radius 1 is 1.16 bits per heavy atom. The Hall–Kier alpha value is -3.06. The summed E-state index contributed by atoms with van der Waals surface area (Å²) in [6, 6.07) is 11.9. The summed E-state index contributed by atoms with van der Waals surface area (Å²) in [6.45, 7) is 0.340. The van der Waals surface area contributed by atoms with E-state index >= 15 is 0 Å². The summed E-state index contributed by atoms with van der Waals surface area (Å²) in [5.74, 6) is -1.17. The van der Waals surface area contributed by atoms with E-state index < -0.39 is 24.1 Å². The first kappa shape index (κ1) is 15.5. The Bertz CT molecular complexity index is 839. The number of benzene rings is 2. The number of amides is 2. The summed E-state index contributed by atoms with van der Waals surface area (Å²) in [6.07, 6.45) is 0. The van der Waals surface area contributed by atoms with Crippen molar-refractivity contribution in [2.45, 2.75) is 18.7 Å². The standard InChI is InChI=1S/C18H16N2O5/c21-14-8-4-7-12-15(14)13-9-19(16(12)17(22)23)18(24)20(13)25-10-11-5-2-1-3-6-11/h1-8,13,16,21H,9-10H2,(H,22,23)/t13-,16-/m1/s1. The predicted molar refractivity (Wildman–Crippen MR) is 86.4 cm³/mol. The van der Waals surface area contributed by atoms with Crippen LogP contribution in [0.3, 0.4) is 0 Å². The number of carbonyl (C=O) groups is 2. The van der Waals surface area contributed by atoms with Gasteiger partial charge in [-0.3, -0.25) is 4.84 Å². The van der Waals surface area contributed by atoms with E-state index in [1.807, 2.05) is 30.3 Å². The van der Waals surface area contributed by atoms with Gasteiger partial charge in [0.1, 0.15) is 18.4 Å². The quantitative estimate of drug-likeness (QED) is 0.892. The third kappa shape index (κ3) is 2.40. The van der Waals surface area contributed by atoms with Gasteiger partial charge in [-0.05, 0) is 17.2 Å². The lowest BCUT2D eigenvalue weighted by Crippen LogP contribution is -2.38. The molecule has 1 fully saturated rings. The zero-order valence-electron chi connectivity index (χ0n) is 13.2. The van der Waals surface area contributed by atoms with E-state index in [-0.39, 0.29) is 18.9 Å². The second-order valence-corrected chi connectivity index (χ2v) is 6.06. The SMILES string of the molecule is O=C(O)[C@H]1c2cccc(O)c2[C@H]2CN1C(=O)N2OCc1ccccc1. The lowest BCUT2D eigenvalue weighted by Gasteiger charge is -2.30. The van der Waals surface area contributed by atoms with Crippen molar-refractivity contribution >= 4 is 12.0 Å². The van der Waals surface area contributed by atoms with Gasteiger partial charge < -0.3 is 15.1 Å². The highest BCUT2D eigenvalue weighted by atomic mass is 16.7. The number of hydroxylamine groups is 2. The minimum Gasteiger partial charge on any atom is -0.508 e. The average molecular weight is 340 g/mol. The van der Waals surface area contributed by atoms with Gasteiger partial charge in [-0.1, -0.05) is 42.5 Å². The lowest BCUT2D eigenvalue weighted by molar-refractivity contribution is -0.143. The number of carboxylic acids is 1. The highest BCUT2D eigenvalue weighted by molar-refractivity contribution is 5.87. The van der Waals surface area contributed by atoms with E-state index in [0.717, 1.165) is 5.56 Å². The third-order valence-electron chi connectivity index (χ3n) is 4.59. The van der Waals surface area contributed by atoms with Gasteiger partial charge >= 0.3 is 12.0 Å². The molecule has 128 valence electrons.